The van der Waals surface area contributed by atoms with E-state index in [-0.39, 0.29) is 17.3 Å². The molecule has 0 atom stereocenters. The highest BCUT2D eigenvalue weighted by molar-refractivity contribution is 8.33. The van der Waals surface area contributed by atoms with E-state index in [2.05, 4.69) is 6.92 Å². The Hall–Kier alpha value is -1.37. The molecule has 30 heavy (non-hydrogen) atoms. The number of hydrogen-bond acceptors (Lipinski definition) is 4. The smallest absolute Gasteiger partial charge is 0.276 e. The molecule has 1 aliphatic heterocycles. The van der Waals surface area contributed by atoms with Crippen LogP contribution in [-0.2, 0) is 13.7 Å². The Bertz CT molecular complexity index is 941. The van der Waals surface area contributed by atoms with Crippen LogP contribution in [0.2, 0.25) is 0 Å². The number of rotatable bonds is 12. The van der Waals surface area contributed by atoms with E-state index in [9.17, 15) is 13.2 Å². The van der Waals surface area contributed by atoms with Crippen LogP contribution in [0.4, 0.5) is 0 Å². The van der Waals surface area contributed by atoms with Crippen LogP contribution in [0.3, 0.4) is 0 Å². The molecule has 0 radical (unpaired) electrons. The monoisotopic (exact) mass is 450 g/mol. The molecule has 3 rings (SSSR count). The van der Waals surface area contributed by atoms with Gasteiger partial charge in [-0.3, -0.25) is 4.79 Å². The molecule has 6 heteroatoms. The molecular formula is C24H34O4S2. The normalized spacial score (nSPS) is 17.2. The van der Waals surface area contributed by atoms with Gasteiger partial charge in [0.2, 0.25) is 0 Å². The first-order valence-electron chi connectivity index (χ1n) is 11.2. The first kappa shape index (κ1) is 23.3. The quantitative estimate of drug-likeness (QED) is 0.283. The van der Waals surface area contributed by atoms with Crippen LogP contribution in [0.15, 0.2) is 42.5 Å². The molecule has 0 unspecified atom stereocenters. The molecule has 0 aromatic heterocycles. The third kappa shape index (κ3) is 6.32. The van der Waals surface area contributed by atoms with Crippen molar-refractivity contribution in [3.63, 3.8) is 0 Å². The zero-order valence-corrected chi connectivity index (χ0v) is 19.6. The minimum Gasteiger partial charge on any atom is -0.293 e. The molecule has 0 amide bonds. The van der Waals surface area contributed by atoms with Crippen LogP contribution in [0.1, 0.15) is 68.6 Å². The molecular weight excluding hydrogens is 416 g/mol. The van der Waals surface area contributed by atoms with E-state index in [0.717, 1.165) is 42.9 Å². The number of Topliss-reactive ketones (excluding diaryl/α,β-unsaturated/α-hetero) is 1. The Morgan fingerprint density at radius 1 is 0.933 bits per heavy atom. The van der Waals surface area contributed by atoms with Crippen molar-refractivity contribution in [2.24, 2.45) is 0 Å². The van der Waals surface area contributed by atoms with Crippen molar-refractivity contribution in [2.45, 2.75) is 58.3 Å². The van der Waals surface area contributed by atoms with E-state index in [4.69, 9.17) is 3.63 Å². The average Bonchev–Trinajstić information content (AvgIpc) is 3.17. The first-order chi connectivity index (χ1) is 14.4. The molecule has 1 heterocycles. The maximum absolute atomic E-state index is 13.2. The lowest BCUT2D eigenvalue weighted by Gasteiger charge is -2.33. The second-order valence-corrected chi connectivity index (χ2v) is 13.4. The molecule has 0 spiro atoms. The van der Waals surface area contributed by atoms with Crippen LogP contribution < -0.4 is 0 Å². The van der Waals surface area contributed by atoms with Crippen molar-refractivity contribution in [1.82, 2.24) is 0 Å². The van der Waals surface area contributed by atoms with Crippen LogP contribution in [0.25, 0.3) is 10.8 Å². The summed E-state index contributed by atoms with van der Waals surface area (Å²) in [5.41, 5.74) is 0.670. The largest absolute Gasteiger partial charge is 0.293 e. The van der Waals surface area contributed by atoms with E-state index >= 15 is 0 Å². The molecule has 0 N–H and O–H groups in total. The Morgan fingerprint density at radius 3 is 2.37 bits per heavy atom. The maximum Gasteiger partial charge on any atom is 0.276 e. The standard InChI is InChI=1S/C24H34O4S2/c1-2-3-4-5-6-9-19-30(26,27)28-29(17-10-11-18-29)20-24(25)23-16-12-14-21-13-7-8-15-22(21)23/h7-8,12-16H,2-6,9-11,17-20H2,1H3. The summed E-state index contributed by atoms with van der Waals surface area (Å²) in [4.78, 5) is 13.2. The lowest BCUT2D eigenvalue weighted by Crippen LogP contribution is -2.23. The van der Waals surface area contributed by atoms with Gasteiger partial charge in [0, 0.05) is 17.1 Å². The number of benzene rings is 2. The molecule has 1 aliphatic rings. The van der Waals surface area contributed by atoms with Crippen LogP contribution in [0, 0.1) is 0 Å². The van der Waals surface area contributed by atoms with Crippen molar-refractivity contribution < 1.29 is 16.8 Å². The van der Waals surface area contributed by atoms with E-state index in [1.165, 1.54) is 12.8 Å². The molecule has 2 aromatic rings. The maximum atomic E-state index is 13.2. The van der Waals surface area contributed by atoms with Crippen molar-refractivity contribution in [3.05, 3.63) is 48.0 Å². The van der Waals surface area contributed by atoms with Gasteiger partial charge >= 0.3 is 0 Å². The van der Waals surface area contributed by atoms with Gasteiger partial charge in [-0.15, -0.1) is 10.3 Å². The summed E-state index contributed by atoms with van der Waals surface area (Å²) in [5.74, 6) is 1.68. The van der Waals surface area contributed by atoms with Crippen molar-refractivity contribution >= 4 is 37.0 Å². The molecule has 0 saturated carbocycles. The fourth-order valence-corrected chi connectivity index (χ4v) is 10.1. The summed E-state index contributed by atoms with van der Waals surface area (Å²) in [7, 11) is -5.53. The molecule has 1 fully saturated rings. The summed E-state index contributed by atoms with van der Waals surface area (Å²) in [5, 5.41) is 1.95. The minimum absolute atomic E-state index is 0.00142. The van der Waals surface area contributed by atoms with Crippen LogP contribution in [-0.4, -0.2) is 37.2 Å². The Labute approximate surface area is 183 Å². The average molecular weight is 451 g/mol. The number of ketones is 1. The Balaban J connectivity index is 1.66. The van der Waals surface area contributed by atoms with Gasteiger partial charge in [0.25, 0.3) is 10.1 Å². The van der Waals surface area contributed by atoms with Gasteiger partial charge in [0.15, 0.2) is 5.78 Å². The third-order valence-corrected chi connectivity index (χ3v) is 11.4. The van der Waals surface area contributed by atoms with Crippen LogP contribution >= 0.6 is 10.3 Å². The highest BCUT2D eigenvalue weighted by Crippen LogP contribution is 2.56. The molecule has 1 saturated heterocycles. The third-order valence-electron chi connectivity index (χ3n) is 5.76. The van der Waals surface area contributed by atoms with E-state index < -0.39 is 20.4 Å². The van der Waals surface area contributed by atoms with Gasteiger partial charge in [0.05, 0.1) is 11.5 Å². The summed E-state index contributed by atoms with van der Waals surface area (Å²) < 4.78 is 31.2. The van der Waals surface area contributed by atoms with E-state index in [1.807, 2.05) is 42.5 Å². The molecule has 166 valence electrons. The number of hydrogen-bond donors (Lipinski definition) is 0. The lowest BCUT2D eigenvalue weighted by molar-refractivity contribution is 0.102. The van der Waals surface area contributed by atoms with Crippen LogP contribution in [0.5, 0.6) is 0 Å². The highest BCUT2D eigenvalue weighted by Gasteiger charge is 2.36. The second kappa shape index (κ2) is 10.8. The first-order valence-corrected chi connectivity index (χ1v) is 14.8. The number of carbonyl (C=O) groups is 1. The molecule has 4 nitrogen and oxygen atoms in total. The van der Waals surface area contributed by atoms with Gasteiger partial charge in [-0.05, 0) is 30.0 Å². The van der Waals surface area contributed by atoms with Crippen molar-refractivity contribution in [2.75, 3.05) is 23.0 Å². The summed E-state index contributed by atoms with van der Waals surface area (Å²) >= 11 is 0. The zero-order valence-electron chi connectivity index (χ0n) is 18.0. The SMILES string of the molecule is CCCCCCCCS(=O)(=O)OS1(CC(=O)c2cccc3ccccc23)CCCC1. The van der Waals surface area contributed by atoms with Gasteiger partial charge in [-0.2, -0.15) is 8.42 Å². The highest BCUT2D eigenvalue weighted by atomic mass is 32.3. The number of unbranched alkanes of at least 4 members (excludes halogenated alkanes) is 5. The fourth-order valence-electron chi connectivity index (χ4n) is 4.17. The van der Waals surface area contributed by atoms with Gasteiger partial charge in [-0.1, -0.05) is 81.5 Å². The van der Waals surface area contributed by atoms with E-state index in [1.54, 1.807) is 0 Å². The minimum atomic E-state index is -3.60. The molecule has 0 aliphatic carbocycles. The topological polar surface area (TPSA) is 60.4 Å². The summed E-state index contributed by atoms with van der Waals surface area (Å²) in [6, 6.07) is 13.6. The fraction of sp³-hybridized carbons (Fsp3) is 0.542. The number of carbonyl (C=O) groups excluding carboxylic acids is 1. The summed E-state index contributed by atoms with van der Waals surface area (Å²) in [6.45, 7) is 2.17. The predicted octanol–water partition coefficient (Wildman–Crippen LogP) is 6.24. The lowest BCUT2D eigenvalue weighted by atomic mass is 10.0. The van der Waals surface area contributed by atoms with E-state index in [0.29, 0.717) is 23.5 Å². The van der Waals surface area contributed by atoms with Gasteiger partial charge in [-0.25, -0.2) is 3.63 Å². The van der Waals surface area contributed by atoms with Crippen molar-refractivity contribution in [1.29, 1.82) is 0 Å². The van der Waals surface area contributed by atoms with Gasteiger partial charge < -0.3 is 0 Å². The predicted molar refractivity (Wildman–Crippen MR) is 128 cm³/mol. The summed E-state index contributed by atoms with van der Waals surface area (Å²) in [6.07, 6.45) is 8.03. The second-order valence-electron chi connectivity index (χ2n) is 8.27. The Morgan fingerprint density at radius 2 is 1.60 bits per heavy atom. The molecule has 0 bridgehead atoms. The molecule has 2 aromatic carbocycles. The Kier molecular flexibility index (Phi) is 8.37. The van der Waals surface area contributed by atoms with Crippen molar-refractivity contribution in [3.8, 4) is 0 Å². The number of fused-ring (bicyclic) bond motifs is 1. The van der Waals surface area contributed by atoms with Gasteiger partial charge in [0.1, 0.15) is 0 Å². The zero-order chi connectivity index (χ0) is 21.5.